The zero-order chi connectivity index (χ0) is 17.0. The number of amides is 3. The Morgan fingerprint density at radius 1 is 1.30 bits per heavy atom. The molecule has 0 aromatic heterocycles. The van der Waals surface area contributed by atoms with Gasteiger partial charge in [-0.3, -0.25) is 24.1 Å². The number of thioether (sulfide) groups is 1. The number of nitrogens with zero attached hydrogens (tertiary/aromatic N) is 1. The number of benzene rings is 1. The molecule has 0 saturated carbocycles. The molecule has 0 spiro atoms. The number of carbonyl (C=O) groups excluding carboxylic acids is 3. The summed E-state index contributed by atoms with van der Waals surface area (Å²) in [6, 6.07) is 7.91. The molecule has 1 saturated heterocycles. The van der Waals surface area contributed by atoms with Gasteiger partial charge in [0.25, 0.3) is 11.1 Å². The minimum Gasteiger partial charge on any atom is -0.480 e. The molecule has 8 heteroatoms. The Kier molecular flexibility index (Phi) is 5.17. The van der Waals surface area contributed by atoms with Gasteiger partial charge in [0.05, 0.1) is 4.91 Å². The van der Waals surface area contributed by atoms with Crippen LogP contribution < -0.4 is 5.32 Å². The van der Waals surface area contributed by atoms with Crippen LogP contribution in [0.25, 0.3) is 6.08 Å². The largest absolute Gasteiger partial charge is 0.480 e. The molecule has 0 bridgehead atoms. The molecule has 1 aromatic carbocycles. The van der Waals surface area contributed by atoms with E-state index in [1.807, 2.05) is 6.07 Å². The lowest BCUT2D eigenvalue weighted by Gasteiger charge is -2.14. The van der Waals surface area contributed by atoms with Gasteiger partial charge in [0, 0.05) is 0 Å². The molecule has 120 valence electrons. The Morgan fingerprint density at radius 2 is 1.96 bits per heavy atom. The number of carbonyl (C=O) groups is 4. The first-order chi connectivity index (χ1) is 10.9. The third kappa shape index (κ3) is 4.19. The van der Waals surface area contributed by atoms with Crippen LogP contribution in [0.4, 0.5) is 4.79 Å². The monoisotopic (exact) mass is 334 g/mol. The van der Waals surface area contributed by atoms with Crippen LogP contribution in [-0.2, 0) is 14.4 Å². The predicted octanol–water partition coefficient (Wildman–Crippen LogP) is 1.31. The van der Waals surface area contributed by atoms with Gasteiger partial charge in [-0.15, -0.1) is 0 Å². The van der Waals surface area contributed by atoms with Crippen molar-refractivity contribution >= 4 is 40.9 Å². The van der Waals surface area contributed by atoms with Crippen LogP contribution in [0.15, 0.2) is 35.2 Å². The average Bonchev–Trinajstić information content (AvgIpc) is 2.75. The van der Waals surface area contributed by atoms with Gasteiger partial charge in [-0.05, 0) is 30.3 Å². The number of hydrogen-bond donors (Lipinski definition) is 2. The summed E-state index contributed by atoms with van der Waals surface area (Å²) >= 11 is 0.746. The molecule has 1 aliphatic rings. The maximum Gasteiger partial charge on any atom is 0.325 e. The Bertz CT molecular complexity index is 686. The Morgan fingerprint density at radius 3 is 2.57 bits per heavy atom. The second-order valence-electron chi connectivity index (χ2n) is 4.81. The molecule has 1 unspecified atom stereocenters. The summed E-state index contributed by atoms with van der Waals surface area (Å²) in [5.74, 6) is -2.47. The molecule has 1 fully saturated rings. The van der Waals surface area contributed by atoms with Crippen molar-refractivity contribution in [3.8, 4) is 0 Å². The standard InChI is InChI=1S/C15H14N2O5S/c1-9(14(20)21)16-12(18)8-17-13(19)11(23-15(17)22)7-10-5-3-2-4-6-10/h2-7,9H,8H2,1H3,(H,16,18)(H,20,21)/b11-7-. The van der Waals surface area contributed by atoms with Crippen LogP contribution in [0, 0.1) is 0 Å². The van der Waals surface area contributed by atoms with E-state index in [-0.39, 0.29) is 4.91 Å². The quantitative estimate of drug-likeness (QED) is 0.787. The summed E-state index contributed by atoms with van der Waals surface area (Å²) in [5.41, 5.74) is 0.766. The fraction of sp³-hybridized carbons (Fsp3) is 0.200. The highest BCUT2D eigenvalue weighted by Crippen LogP contribution is 2.31. The number of rotatable bonds is 5. The highest BCUT2D eigenvalue weighted by molar-refractivity contribution is 8.18. The molecular formula is C15H14N2O5S. The number of nitrogens with one attached hydrogen (secondary N) is 1. The van der Waals surface area contributed by atoms with Crippen LogP contribution in [0.1, 0.15) is 12.5 Å². The minimum atomic E-state index is -1.20. The summed E-state index contributed by atoms with van der Waals surface area (Å²) in [5, 5.41) is 10.4. The van der Waals surface area contributed by atoms with Gasteiger partial charge < -0.3 is 10.4 Å². The van der Waals surface area contributed by atoms with Crippen molar-refractivity contribution in [1.82, 2.24) is 10.2 Å². The topological polar surface area (TPSA) is 104 Å². The zero-order valence-corrected chi connectivity index (χ0v) is 13.0. The smallest absolute Gasteiger partial charge is 0.325 e. The number of carboxylic acids is 1. The van der Waals surface area contributed by atoms with Crippen molar-refractivity contribution in [3.63, 3.8) is 0 Å². The molecule has 2 N–H and O–H groups in total. The van der Waals surface area contributed by atoms with Crippen LogP contribution in [0.3, 0.4) is 0 Å². The van der Waals surface area contributed by atoms with Gasteiger partial charge in [0.15, 0.2) is 0 Å². The van der Waals surface area contributed by atoms with E-state index < -0.39 is 35.6 Å². The number of aliphatic carboxylic acids is 1. The maximum atomic E-state index is 12.2. The first kappa shape index (κ1) is 16.8. The van der Waals surface area contributed by atoms with E-state index in [4.69, 9.17) is 5.11 Å². The summed E-state index contributed by atoms with van der Waals surface area (Å²) in [6.45, 7) is 0.789. The number of hydrogen-bond acceptors (Lipinski definition) is 5. The summed E-state index contributed by atoms with van der Waals surface area (Å²) in [7, 11) is 0. The van der Waals surface area contributed by atoms with Crippen molar-refractivity contribution in [1.29, 1.82) is 0 Å². The van der Waals surface area contributed by atoms with E-state index in [0.717, 1.165) is 22.2 Å². The first-order valence-corrected chi connectivity index (χ1v) is 7.52. The Hall–Kier alpha value is -2.61. The van der Waals surface area contributed by atoms with Crippen LogP contribution in [-0.4, -0.2) is 45.6 Å². The van der Waals surface area contributed by atoms with Crippen LogP contribution in [0.5, 0.6) is 0 Å². The summed E-state index contributed by atoms with van der Waals surface area (Å²) in [6.07, 6.45) is 1.57. The van der Waals surface area contributed by atoms with E-state index in [0.29, 0.717) is 0 Å². The molecule has 1 aliphatic heterocycles. The molecule has 0 radical (unpaired) electrons. The molecule has 1 aromatic rings. The van der Waals surface area contributed by atoms with E-state index in [1.165, 1.54) is 6.92 Å². The van der Waals surface area contributed by atoms with Gasteiger partial charge in [0.1, 0.15) is 12.6 Å². The van der Waals surface area contributed by atoms with Gasteiger partial charge >= 0.3 is 5.97 Å². The SMILES string of the molecule is CC(NC(=O)CN1C(=O)S/C(=C\c2ccccc2)C1=O)C(=O)O. The third-order valence-corrected chi connectivity index (χ3v) is 3.93. The van der Waals surface area contributed by atoms with Gasteiger partial charge in [-0.25, -0.2) is 0 Å². The second-order valence-corrected chi connectivity index (χ2v) is 5.80. The van der Waals surface area contributed by atoms with E-state index in [9.17, 15) is 19.2 Å². The van der Waals surface area contributed by atoms with Gasteiger partial charge in [-0.1, -0.05) is 30.3 Å². The number of carboxylic acid groups (broad SMARTS) is 1. The van der Waals surface area contributed by atoms with E-state index >= 15 is 0 Å². The van der Waals surface area contributed by atoms with Crippen molar-refractivity contribution in [3.05, 3.63) is 40.8 Å². The van der Waals surface area contributed by atoms with Crippen LogP contribution >= 0.6 is 11.8 Å². The fourth-order valence-electron chi connectivity index (χ4n) is 1.83. The fourth-order valence-corrected chi connectivity index (χ4v) is 2.67. The zero-order valence-electron chi connectivity index (χ0n) is 12.2. The predicted molar refractivity (Wildman–Crippen MR) is 84.4 cm³/mol. The lowest BCUT2D eigenvalue weighted by molar-refractivity contribution is -0.141. The van der Waals surface area contributed by atoms with Gasteiger partial charge in [0.2, 0.25) is 5.91 Å². The van der Waals surface area contributed by atoms with Gasteiger partial charge in [-0.2, -0.15) is 0 Å². The molecule has 3 amide bonds. The number of imide groups is 1. The van der Waals surface area contributed by atoms with Crippen molar-refractivity contribution < 1.29 is 24.3 Å². The highest BCUT2D eigenvalue weighted by Gasteiger charge is 2.36. The third-order valence-electron chi connectivity index (χ3n) is 3.02. The lowest BCUT2D eigenvalue weighted by Crippen LogP contribution is -2.45. The molecule has 1 atom stereocenters. The first-order valence-electron chi connectivity index (χ1n) is 6.71. The van der Waals surface area contributed by atoms with Crippen molar-refractivity contribution in [2.75, 3.05) is 6.54 Å². The second kappa shape index (κ2) is 7.10. The minimum absolute atomic E-state index is 0.222. The van der Waals surface area contributed by atoms with Crippen molar-refractivity contribution in [2.45, 2.75) is 13.0 Å². The highest BCUT2D eigenvalue weighted by atomic mass is 32.2. The summed E-state index contributed by atoms with van der Waals surface area (Å²) < 4.78 is 0. The van der Waals surface area contributed by atoms with Crippen molar-refractivity contribution in [2.24, 2.45) is 0 Å². The maximum absolute atomic E-state index is 12.2. The molecule has 23 heavy (non-hydrogen) atoms. The molecular weight excluding hydrogens is 320 g/mol. The molecule has 7 nitrogen and oxygen atoms in total. The van der Waals surface area contributed by atoms with Crippen LogP contribution in [0.2, 0.25) is 0 Å². The summed E-state index contributed by atoms with van der Waals surface area (Å²) in [4.78, 5) is 47.5. The average molecular weight is 334 g/mol. The molecule has 0 aliphatic carbocycles. The lowest BCUT2D eigenvalue weighted by atomic mass is 10.2. The van der Waals surface area contributed by atoms with E-state index in [2.05, 4.69) is 5.32 Å². The molecule has 2 rings (SSSR count). The molecule has 1 heterocycles. The normalized spacial score (nSPS) is 17.4. The Labute approximate surface area is 136 Å². The Balaban J connectivity index is 2.06. The van der Waals surface area contributed by atoms with E-state index in [1.54, 1.807) is 30.3 Å².